The highest BCUT2D eigenvalue weighted by Gasteiger charge is 2.41. The molecule has 1 aromatic carbocycles. The topological polar surface area (TPSA) is 114 Å². The van der Waals surface area contributed by atoms with E-state index >= 15 is 0 Å². The fraction of sp³-hybridized carbons (Fsp3) is 0.600. The van der Waals surface area contributed by atoms with Gasteiger partial charge in [0.2, 0.25) is 11.8 Å². The number of methoxy groups -OCH3 is 1. The maximum absolute atomic E-state index is 13.8. The second-order valence-corrected chi connectivity index (χ2v) is 10.7. The summed E-state index contributed by atoms with van der Waals surface area (Å²) in [6.07, 6.45) is -0.767. The van der Waals surface area contributed by atoms with Crippen molar-refractivity contribution in [3.05, 3.63) is 34.9 Å². The van der Waals surface area contributed by atoms with Gasteiger partial charge in [0.25, 0.3) is 0 Å². The number of hydrogen-bond acceptors (Lipinski definition) is 7. The van der Waals surface area contributed by atoms with Gasteiger partial charge in [-0.25, -0.2) is 4.79 Å². The van der Waals surface area contributed by atoms with Gasteiger partial charge < -0.3 is 25.0 Å². The number of esters is 1. The molecule has 9 nitrogen and oxygen atoms in total. The summed E-state index contributed by atoms with van der Waals surface area (Å²) in [6.45, 7) is 14.0. The number of carbonyl (C=O) groups is 4. The van der Waals surface area contributed by atoms with Gasteiger partial charge in [-0.05, 0) is 72.1 Å². The molecule has 3 amide bonds. The molecule has 0 saturated heterocycles. The van der Waals surface area contributed by atoms with E-state index in [4.69, 9.17) is 4.74 Å². The number of hydrogen-bond donors (Lipinski definition) is 3. The Kier molecular flexibility index (Phi) is 10.6. The van der Waals surface area contributed by atoms with E-state index in [2.05, 4.69) is 28.0 Å². The molecule has 0 fully saturated rings. The van der Waals surface area contributed by atoms with Crippen LogP contribution in [-0.2, 0) is 23.9 Å². The van der Waals surface area contributed by atoms with Crippen LogP contribution < -0.4 is 10.6 Å². The molecule has 1 aromatic rings. The zero-order valence-electron chi connectivity index (χ0n) is 22.1. The van der Waals surface area contributed by atoms with Crippen molar-refractivity contribution in [3.8, 4) is 0 Å². The molecule has 0 heterocycles. The van der Waals surface area contributed by atoms with E-state index in [9.17, 15) is 19.2 Å². The van der Waals surface area contributed by atoms with Crippen molar-refractivity contribution < 1.29 is 28.7 Å². The molecule has 2 atom stereocenters. The minimum atomic E-state index is -1.09. The van der Waals surface area contributed by atoms with Crippen LogP contribution >= 0.6 is 12.6 Å². The van der Waals surface area contributed by atoms with Crippen LogP contribution in [0, 0.1) is 13.8 Å². The molecule has 196 valence electrons. The highest BCUT2D eigenvalue weighted by Crippen LogP contribution is 2.31. The Labute approximate surface area is 213 Å². The fourth-order valence-electron chi connectivity index (χ4n) is 3.33. The summed E-state index contributed by atoms with van der Waals surface area (Å²) in [5.41, 5.74) is 0.922. The second-order valence-electron chi connectivity index (χ2n) is 10.3. The van der Waals surface area contributed by atoms with E-state index in [1.807, 2.05) is 26.0 Å². The van der Waals surface area contributed by atoms with Crippen LogP contribution in [0.5, 0.6) is 0 Å². The second kappa shape index (κ2) is 12.3. The summed E-state index contributed by atoms with van der Waals surface area (Å²) in [7, 11) is 1.22. The summed E-state index contributed by atoms with van der Waals surface area (Å²) in [5.74, 6) is -1.72. The van der Waals surface area contributed by atoms with Gasteiger partial charge in [0, 0.05) is 11.3 Å². The molecule has 0 aliphatic rings. The zero-order valence-corrected chi connectivity index (χ0v) is 23.0. The summed E-state index contributed by atoms with van der Waals surface area (Å²) < 4.78 is 9.93. The van der Waals surface area contributed by atoms with E-state index < -0.39 is 47.1 Å². The Hall–Kier alpha value is -2.75. The lowest BCUT2D eigenvalue weighted by atomic mass is 9.93. The van der Waals surface area contributed by atoms with Gasteiger partial charge in [0.05, 0.1) is 7.11 Å². The van der Waals surface area contributed by atoms with E-state index in [0.717, 1.165) is 11.1 Å². The summed E-state index contributed by atoms with van der Waals surface area (Å²) in [5, 5.41) is 5.13. The molecule has 2 unspecified atom stereocenters. The zero-order chi connectivity index (χ0) is 27.1. The predicted octanol–water partition coefficient (Wildman–Crippen LogP) is 3.08. The number of amides is 3. The van der Waals surface area contributed by atoms with Crippen LogP contribution in [0.2, 0.25) is 0 Å². The van der Waals surface area contributed by atoms with E-state index in [-0.39, 0.29) is 12.3 Å². The molecule has 0 aromatic heterocycles. The summed E-state index contributed by atoms with van der Waals surface area (Å²) >= 11 is 4.27. The van der Waals surface area contributed by atoms with Crippen LogP contribution in [0.3, 0.4) is 0 Å². The minimum absolute atomic E-state index is 0.0198. The van der Waals surface area contributed by atoms with Crippen molar-refractivity contribution in [1.82, 2.24) is 15.5 Å². The molecule has 0 bridgehead atoms. The van der Waals surface area contributed by atoms with Crippen molar-refractivity contribution in [2.45, 2.75) is 78.6 Å². The number of benzene rings is 1. The first-order valence-electron chi connectivity index (χ1n) is 11.4. The van der Waals surface area contributed by atoms with Gasteiger partial charge in [-0.2, -0.15) is 12.6 Å². The van der Waals surface area contributed by atoms with Crippen molar-refractivity contribution in [3.63, 3.8) is 0 Å². The molecule has 2 N–H and O–H groups in total. The SMILES string of the molecule is COC(=O)CNC(=O)C(c1ccc(C)c(C)c1)N(C(=O)C(CS)NC(=O)OC(C)(C)C)C(C)(C)C. The third-order valence-electron chi connectivity index (χ3n) is 5.12. The van der Waals surface area contributed by atoms with Gasteiger partial charge in [0.15, 0.2) is 0 Å². The smallest absolute Gasteiger partial charge is 0.408 e. The Morgan fingerprint density at radius 3 is 2.09 bits per heavy atom. The lowest BCUT2D eigenvalue weighted by Crippen LogP contribution is -2.59. The molecule has 10 heteroatoms. The normalized spacial score (nSPS) is 13.3. The number of ether oxygens (including phenoxy) is 2. The molecule has 0 aliphatic carbocycles. The van der Waals surface area contributed by atoms with Crippen LogP contribution in [0.15, 0.2) is 18.2 Å². The first-order valence-corrected chi connectivity index (χ1v) is 12.0. The molecule has 1 rings (SSSR count). The number of rotatable bonds is 8. The standard InChI is InChI=1S/C25H39N3O6S/c1-15-10-11-17(12-16(15)2)20(21(30)26-13-19(29)33-9)28(24(3,4)5)22(31)18(14-35)27-23(32)34-25(6,7)8/h10-12,18,20,35H,13-14H2,1-9H3,(H,26,30)(H,27,32). The summed E-state index contributed by atoms with van der Waals surface area (Å²) in [6, 6.07) is 3.32. The van der Waals surface area contributed by atoms with Gasteiger partial charge >= 0.3 is 12.1 Å². The van der Waals surface area contributed by atoms with Crippen LogP contribution in [0.25, 0.3) is 0 Å². The highest BCUT2D eigenvalue weighted by molar-refractivity contribution is 7.80. The highest BCUT2D eigenvalue weighted by atomic mass is 32.1. The molecule has 0 aliphatic heterocycles. The quantitative estimate of drug-likeness (QED) is 0.367. The number of aryl methyl sites for hydroxylation is 2. The average molecular weight is 510 g/mol. The molecule has 0 radical (unpaired) electrons. The largest absolute Gasteiger partial charge is 0.468 e. The third-order valence-corrected chi connectivity index (χ3v) is 5.48. The Morgan fingerprint density at radius 2 is 1.63 bits per heavy atom. The van der Waals surface area contributed by atoms with Gasteiger partial charge in [-0.1, -0.05) is 18.2 Å². The lowest BCUT2D eigenvalue weighted by molar-refractivity contribution is -0.149. The third kappa shape index (κ3) is 9.08. The minimum Gasteiger partial charge on any atom is -0.468 e. The number of thiol groups is 1. The lowest BCUT2D eigenvalue weighted by Gasteiger charge is -2.43. The average Bonchev–Trinajstić information content (AvgIpc) is 2.73. The molecular weight excluding hydrogens is 470 g/mol. The number of nitrogens with zero attached hydrogens (tertiary/aromatic N) is 1. The monoisotopic (exact) mass is 509 g/mol. The van der Waals surface area contributed by atoms with E-state index in [1.54, 1.807) is 47.6 Å². The van der Waals surface area contributed by atoms with Crippen LogP contribution in [0.1, 0.15) is 64.3 Å². The Morgan fingerprint density at radius 1 is 1.03 bits per heavy atom. The first kappa shape index (κ1) is 30.3. The van der Waals surface area contributed by atoms with Crippen molar-refractivity contribution >= 4 is 36.5 Å². The predicted molar refractivity (Wildman–Crippen MR) is 137 cm³/mol. The first-order chi connectivity index (χ1) is 16.0. The van der Waals surface area contributed by atoms with Gasteiger partial charge in [-0.3, -0.25) is 14.4 Å². The summed E-state index contributed by atoms with van der Waals surface area (Å²) in [4.78, 5) is 52.7. The Bertz CT molecular complexity index is 936. The maximum atomic E-state index is 13.8. The Balaban J connectivity index is 3.50. The number of nitrogens with one attached hydrogen (secondary N) is 2. The van der Waals surface area contributed by atoms with Crippen molar-refractivity contribution in [1.29, 1.82) is 0 Å². The number of alkyl carbamates (subject to hydrolysis) is 1. The maximum Gasteiger partial charge on any atom is 0.408 e. The van der Waals surface area contributed by atoms with Gasteiger partial charge in [-0.15, -0.1) is 0 Å². The fourth-order valence-corrected chi connectivity index (χ4v) is 3.58. The van der Waals surface area contributed by atoms with E-state index in [0.29, 0.717) is 5.56 Å². The van der Waals surface area contributed by atoms with Crippen LogP contribution in [0.4, 0.5) is 4.79 Å². The van der Waals surface area contributed by atoms with Crippen molar-refractivity contribution in [2.24, 2.45) is 0 Å². The van der Waals surface area contributed by atoms with E-state index in [1.165, 1.54) is 12.0 Å². The molecular formula is C25H39N3O6S. The molecule has 35 heavy (non-hydrogen) atoms. The molecule has 0 saturated carbocycles. The van der Waals surface area contributed by atoms with Crippen molar-refractivity contribution in [2.75, 3.05) is 19.4 Å². The van der Waals surface area contributed by atoms with Gasteiger partial charge in [0.1, 0.15) is 24.2 Å². The molecule has 0 spiro atoms. The van der Waals surface area contributed by atoms with Crippen LogP contribution in [-0.4, -0.2) is 65.4 Å². The number of carbonyl (C=O) groups excluding carboxylic acids is 4.